The Morgan fingerprint density at radius 3 is 2.33 bits per heavy atom. The van der Waals surface area contributed by atoms with Crippen molar-refractivity contribution >= 4 is 23.5 Å². The highest BCUT2D eigenvalue weighted by atomic mass is 16.6. The minimum atomic E-state index is -1.35. The van der Waals surface area contributed by atoms with Gasteiger partial charge in [0.05, 0.1) is 4.92 Å². The lowest BCUT2D eigenvalue weighted by molar-refractivity contribution is -0.385. The van der Waals surface area contributed by atoms with Crippen LogP contribution in [0.25, 0.3) is 0 Å². The molecule has 0 aromatic heterocycles. The number of hydrogen-bond donors (Lipinski definition) is 2. The van der Waals surface area contributed by atoms with Crippen LogP contribution in [0, 0.1) is 10.1 Å². The number of esters is 1. The van der Waals surface area contributed by atoms with Crippen LogP contribution in [0.4, 0.5) is 5.69 Å². The summed E-state index contributed by atoms with van der Waals surface area (Å²) in [7, 11) is 0. The number of aliphatic carboxylic acids is 1. The number of carboxylic acids is 1. The second kappa shape index (κ2) is 8.56. The number of para-hydroxylation sites is 1. The van der Waals surface area contributed by atoms with Crippen LogP contribution in [0.1, 0.15) is 22.8 Å². The molecule has 0 radical (unpaired) electrons. The topological polar surface area (TPSA) is 136 Å². The van der Waals surface area contributed by atoms with Gasteiger partial charge in [0, 0.05) is 30.5 Å². The average Bonchev–Trinajstić information content (AvgIpc) is 2.61. The van der Waals surface area contributed by atoms with Crippen LogP contribution in [-0.4, -0.2) is 33.9 Å². The van der Waals surface area contributed by atoms with E-state index in [9.17, 15) is 29.6 Å². The van der Waals surface area contributed by atoms with Crippen molar-refractivity contribution < 1.29 is 29.2 Å². The first-order valence-corrected chi connectivity index (χ1v) is 7.82. The molecule has 140 valence electrons. The van der Waals surface area contributed by atoms with Crippen LogP contribution < -0.4 is 10.1 Å². The summed E-state index contributed by atoms with van der Waals surface area (Å²) in [6.45, 7) is 1.24. The highest BCUT2D eigenvalue weighted by Crippen LogP contribution is 2.19. The molecule has 0 aliphatic carbocycles. The molecule has 0 spiro atoms. The van der Waals surface area contributed by atoms with E-state index in [1.54, 1.807) is 6.07 Å². The second-order valence-corrected chi connectivity index (χ2v) is 5.57. The SMILES string of the molecule is CC(=O)Oc1ccc(C(=O)N[C@H](Cc2ccccc2[N+](=O)[O-])C(=O)O)cc1. The zero-order valence-corrected chi connectivity index (χ0v) is 14.2. The van der Waals surface area contributed by atoms with Gasteiger partial charge in [-0.1, -0.05) is 18.2 Å². The van der Waals surface area contributed by atoms with Crippen LogP contribution in [0.3, 0.4) is 0 Å². The van der Waals surface area contributed by atoms with Gasteiger partial charge in [0.25, 0.3) is 11.6 Å². The molecule has 2 N–H and O–H groups in total. The van der Waals surface area contributed by atoms with E-state index >= 15 is 0 Å². The lowest BCUT2D eigenvalue weighted by Gasteiger charge is -2.15. The van der Waals surface area contributed by atoms with Crippen LogP contribution in [-0.2, 0) is 16.0 Å². The number of ether oxygens (including phenoxy) is 1. The van der Waals surface area contributed by atoms with Crippen LogP contribution in [0.2, 0.25) is 0 Å². The van der Waals surface area contributed by atoms with Gasteiger partial charge in [0.15, 0.2) is 0 Å². The Labute approximate surface area is 153 Å². The van der Waals surface area contributed by atoms with Gasteiger partial charge in [-0.2, -0.15) is 0 Å². The monoisotopic (exact) mass is 372 g/mol. The summed E-state index contributed by atoms with van der Waals surface area (Å²) in [5.41, 5.74) is 0.129. The van der Waals surface area contributed by atoms with Crippen LogP contribution >= 0.6 is 0 Å². The molecule has 1 amide bonds. The van der Waals surface area contributed by atoms with E-state index in [1.807, 2.05) is 0 Å². The number of rotatable bonds is 7. The van der Waals surface area contributed by atoms with Crippen molar-refractivity contribution in [1.82, 2.24) is 5.32 Å². The predicted molar refractivity (Wildman–Crippen MR) is 93.4 cm³/mol. The lowest BCUT2D eigenvalue weighted by atomic mass is 10.0. The molecule has 0 aliphatic rings. The molecule has 0 unspecified atom stereocenters. The van der Waals surface area contributed by atoms with E-state index in [2.05, 4.69) is 5.32 Å². The van der Waals surface area contributed by atoms with Crippen LogP contribution in [0.5, 0.6) is 5.75 Å². The molecule has 0 aliphatic heterocycles. The van der Waals surface area contributed by atoms with Crippen molar-refractivity contribution in [3.8, 4) is 5.75 Å². The Hall–Kier alpha value is -3.75. The Kier molecular flexibility index (Phi) is 6.21. The van der Waals surface area contributed by atoms with Crippen molar-refractivity contribution in [2.75, 3.05) is 0 Å². The number of carbonyl (C=O) groups is 3. The summed E-state index contributed by atoms with van der Waals surface area (Å²) in [4.78, 5) is 45.1. The average molecular weight is 372 g/mol. The fourth-order valence-electron chi connectivity index (χ4n) is 2.36. The van der Waals surface area contributed by atoms with Gasteiger partial charge < -0.3 is 15.2 Å². The maximum atomic E-state index is 12.3. The molecular formula is C18H16N2O7. The molecule has 0 heterocycles. The Balaban J connectivity index is 2.14. The summed E-state index contributed by atoms with van der Waals surface area (Å²) in [5.74, 6) is -2.26. The van der Waals surface area contributed by atoms with Gasteiger partial charge in [-0.15, -0.1) is 0 Å². The van der Waals surface area contributed by atoms with Crippen molar-refractivity contribution in [1.29, 1.82) is 0 Å². The molecule has 9 heteroatoms. The molecule has 2 aromatic carbocycles. The smallest absolute Gasteiger partial charge is 0.326 e. The molecule has 27 heavy (non-hydrogen) atoms. The molecule has 0 saturated heterocycles. The largest absolute Gasteiger partial charge is 0.480 e. The number of nitro benzene ring substituents is 1. The van der Waals surface area contributed by atoms with Gasteiger partial charge >= 0.3 is 11.9 Å². The number of amides is 1. The molecule has 0 bridgehead atoms. The number of nitrogens with zero attached hydrogens (tertiary/aromatic N) is 1. The fraction of sp³-hybridized carbons (Fsp3) is 0.167. The minimum absolute atomic E-state index is 0.153. The van der Waals surface area contributed by atoms with E-state index in [-0.39, 0.29) is 29.0 Å². The highest BCUT2D eigenvalue weighted by Gasteiger charge is 2.24. The summed E-state index contributed by atoms with van der Waals surface area (Å²) < 4.78 is 4.85. The van der Waals surface area contributed by atoms with Crippen LogP contribution in [0.15, 0.2) is 48.5 Å². The number of carboxylic acid groups (broad SMARTS) is 1. The lowest BCUT2D eigenvalue weighted by Crippen LogP contribution is -2.42. The number of nitro groups is 1. The first-order chi connectivity index (χ1) is 12.8. The maximum Gasteiger partial charge on any atom is 0.326 e. The third-order valence-electron chi connectivity index (χ3n) is 3.59. The van der Waals surface area contributed by atoms with Gasteiger partial charge in [-0.25, -0.2) is 4.79 Å². The van der Waals surface area contributed by atoms with E-state index in [0.717, 1.165) is 0 Å². The number of hydrogen-bond acceptors (Lipinski definition) is 6. The molecular weight excluding hydrogens is 356 g/mol. The summed E-state index contributed by atoms with van der Waals surface area (Å²) >= 11 is 0. The van der Waals surface area contributed by atoms with Crippen molar-refractivity contribution in [3.63, 3.8) is 0 Å². The van der Waals surface area contributed by atoms with Crippen molar-refractivity contribution in [2.24, 2.45) is 0 Å². The van der Waals surface area contributed by atoms with Crippen molar-refractivity contribution in [3.05, 3.63) is 69.8 Å². The Bertz CT molecular complexity index is 878. The number of carbonyl (C=O) groups excluding carboxylic acids is 2. The number of nitrogens with one attached hydrogen (secondary N) is 1. The fourth-order valence-corrected chi connectivity index (χ4v) is 2.36. The maximum absolute atomic E-state index is 12.3. The summed E-state index contributed by atoms with van der Waals surface area (Å²) in [6.07, 6.45) is -0.246. The molecule has 0 saturated carbocycles. The Morgan fingerprint density at radius 1 is 1.15 bits per heavy atom. The van der Waals surface area contributed by atoms with E-state index < -0.39 is 28.8 Å². The molecule has 2 aromatic rings. The van der Waals surface area contributed by atoms with Crippen molar-refractivity contribution in [2.45, 2.75) is 19.4 Å². The molecule has 9 nitrogen and oxygen atoms in total. The van der Waals surface area contributed by atoms with E-state index in [0.29, 0.717) is 0 Å². The van der Waals surface area contributed by atoms with E-state index in [1.165, 1.54) is 49.4 Å². The first kappa shape index (κ1) is 19.6. The molecule has 1 atom stereocenters. The summed E-state index contributed by atoms with van der Waals surface area (Å²) in [6, 6.07) is 9.92. The summed E-state index contributed by atoms with van der Waals surface area (Å²) in [5, 5.41) is 22.8. The molecule has 0 fully saturated rings. The minimum Gasteiger partial charge on any atom is -0.480 e. The third kappa shape index (κ3) is 5.36. The predicted octanol–water partition coefficient (Wildman–Crippen LogP) is 1.95. The second-order valence-electron chi connectivity index (χ2n) is 5.57. The normalized spacial score (nSPS) is 11.3. The van der Waals surface area contributed by atoms with E-state index in [4.69, 9.17) is 4.74 Å². The number of benzene rings is 2. The highest BCUT2D eigenvalue weighted by molar-refractivity contribution is 5.96. The zero-order chi connectivity index (χ0) is 20.0. The van der Waals surface area contributed by atoms with Gasteiger partial charge in [0.2, 0.25) is 0 Å². The zero-order valence-electron chi connectivity index (χ0n) is 14.2. The standard InChI is InChI=1S/C18H16N2O7/c1-11(21)27-14-8-6-12(7-9-14)17(22)19-15(18(23)24)10-13-4-2-3-5-16(13)20(25)26/h2-9,15H,10H2,1H3,(H,19,22)(H,23,24)/t15-/m1/s1. The van der Waals surface area contributed by atoms with Gasteiger partial charge in [0.1, 0.15) is 11.8 Å². The quantitative estimate of drug-likeness (QED) is 0.328. The van der Waals surface area contributed by atoms with Gasteiger partial charge in [-0.3, -0.25) is 19.7 Å². The molecule has 2 rings (SSSR count). The first-order valence-electron chi connectivity index (χ1n) is 7.82. The van der Waals surface area contributed by atoms with Gasteiger partial charge in [-0.05, 0) is 24.3 Å². The third-order valence-corrected chi connectivity index (χ3v) is 3.59. The Morgan fingerprint density at radius 2 is 1.78 bits per heavy atom.